The number of rotatable bonds is 2. The summed E-state index contributed by atoms with van der Waals surface area (Å²) < 4.78 is 44.5. The fraction of sp³-hybridized carbons (Fsp3) is 0.222. The van der Waals surface area contributed by atoms with Crippen LogP contribution in [-0.4, -0.2) is 16.5 Å². The lowest BCUT2D eigenvalue weighted by Gasteiger charge is -2.28. The van der Waals surface area contributed by atoms with Crippen LogP contribution in [0.2, 0.25) is 0 Å². The van der Waals surface area contributed by atoms with E-state index in [0.717, 1.165) is 11.1 Å². The number of nitro benzene ring substituents is 1. The number of hydrogen-bond acceptors (Lipinski definition) is 6. The molecule has 1 aromatic heterocycles. The van der Waals surface area contributed by atoms with Gasteiger partial charge in [-0.1, -0.05) is 24.3 Å². The van der Waals surface area contributed by atoms with Crippen LogP contribution in [0.25, 0.3) is 11.0 Å². The Morgan fingerprint density at radius 3 is 2.57 bits per heavy atom. The average Bonchev–Trinajstić information content (AvgIpc) is 2.66. The van der Waals surface area contributed by atoms with Crippen LogP contribution in [0.4, 0.5) is 24.9 Å². The number of alkyl halides is 3. The van der Waals surface area contributed by atoms with Crippen molar-refractivity contribution in [3.8, 4) is 0 Å². The first-order valence-corrected chi connectivity index (χ1v) is 8.26. The summed E-state index contributed by atoms with van der Waals surface area (Å²) in [6.07, 6.45) is -4.20. The lowest BCUT2D eigenvalue weighted by atomic mass is 10.0. The van der Waals surface area contributed by atoms with E-state index in [1.165, 1.54) is 0 Å². The summed E-state index contributed by atoms with van der Waals surface area (Å²) in [6, 6.07) is 8.37. The van der Waals surface area contributed by atoms with E-state index in [1.54, 1.807) is 4.90 Å². The number of benzene rings is 2. The number of anilines is 1. The van der Waals surface area contributed by atoms with Gasteiger partial charge < -0.3 is 9.32 Å². The molecule has 2 aromatic carbocycles. The topological polar surface area (TPSA) is 89.5 Å². The molecule has 0 saturated heterocycles. The number of aromatic nitrogens is 1. The highest BCUT2D eigenvalue weighted by Gasteiger charge is 2.35. The molecule has 3 aromatic rings. The third-order valence-electron chi connectivity index (χ3n) is 4.62. The highest BCUT2D eigenvalue weighted by Crippen LogP contribution is 2.36. The SMILES string of the molecule is O=c1nc(N2CCc3ccccc3C2)oc2c([N+](=O)[O-])cc(C(F)(F)F)cc12. The molecule has 0 aliphatic carbocycles. The highest BCUT2D eigenvalue weighted by atomic mass is 19.4. The lowest BCUT2D eigenvalue weighted by Crippen LogP contribution is -2.32. The van der Waals surface area contributed by atoms with E-state index in [1.807, 2.05) is 24.3 Å². The number of non-ortho nitro benzene ring substituents is 1. The van der Waals surface area contributed by atoms with Crippen molar-refractivity contribution in [1.82, 2.24) is 4.98 Å². The van der Waals surface area contributed by atoms with Crippen LogP contribution in [0.15, 0.2) is 45.6 Å². The van der Waals surface area contributed by atoms with Gasteiger partial charge in [-0.05, 0) is 23.6 Å². The minimum absolute atomic E-state index is 0.158. The van der Waals surface area contributed by atoms with Gasteiger partial charge in [0.2, 0.25) is 5.58 Å². The molecule has 144 valence electrons. The van der Waals surface area contributed by atoms with Gasteiger partial charge in [0.15, 0.2) is 0 Å². The molecule has 7 nitrogen and oxygen atoms in total. The quantitative estimate of drug-likeness (QED) is 0.489. The molecule has 4 rings (SSSR count). The summed E-state index contributed by atoms with van der Waals surface area (Å²) in [7, 11) is 0. The predicted molar refractivity (Wildman–Crippen MR) is 93.1 cm³/mol. The van der Waals surface area contributed by atoms with Crippen molar-refractivity contribution in [2.24, 2.45) is 0 Å². The molecule has 1 aliphatic heterocycles. The molecule has 0 spiro atoms. The second-order valence-electron chi connectivity index (χ2n) is 6.37. The zero-order valence-corrected chi connectivity index (χ0v) is 14.2. The maximum atomic E-state index is 13.0. The molecular weight excluding hydrogens is 379 g/mol. The van der Waals surface area contributed by atoms with Crippen LogP contribution in [0.1, 0.15) is 16.7 Å². The van der Waals surface area contributed by atoms with E-state index in [-0.39, 0.29) is 6.01 Å². The summed E-state index contributed by atoms with van der Waals surface area (Å²) in [4.78, 5) is 28.0. The summed E-state index contributed by atoms with van der Waals surface area (Å²) in [5.41, 5.74) is -1.65. The second kappa shape index (κ2) is 6.32. The van der Waals surface area contributed by atoms with E-state index in [0.29, 0.717) is 31.6 Å². The lowest BCUT2D eigenvalue weighted by molar-refractivity contribution is -0.383. The Hall–Kier alpha value is -3.43. The van der Waals surface area contributed by atoms with Crippen molar-refractivity contribution in [2.75, 3.05) is 11.4 Å². The minimum Gasteiger partial charge on any atom is -0.417 e. The molecule has 0 radical (unpaired) electrons. The number of hydrogen-bond donors (Lipinski definition) is 0. The molecule has 10 heteroatoms. The molecule has 28 heavy (non-hydrogen) atoms. The second-order valence-corrected chi connectivity index (χ2v) is 6.37. The number of fused-ring (bicyclic) bond motifs is 2. The van der Waals surface area contributed by atoms with Crippen molar-refractivity contribution >= 4 is 22.7 Å². The molecule has 0 fully saturated rings. The Kier molecular flexibility index (Phi) is 4.06. The van der Waals surface area contributed by atoms with Gasteiger partial charge in [0, 0.05) is 19.2 Å². The van der Waals surface area contributed by atoms with Gasteiger partial charge in [-0.2, -0.15) is 18.2 Å². The van der Waals surface area contributed by atoms with Crippen LogP contribution in [0.3, 0.4) is 0 Å². The van der Waals surface area contributed by atoms with Crippen LogP contribution >= 0.6 is 0 Å². The van der Waals surface area contributed by atoms with Crippen molar-refractivity contribution in [2.45, 2.75) is 19.1 Å². The van der Waals surface area contributed by atoms with Gasteiger partial charge in [-0.25, -0.2) is 0 Å². The average molecular weight is 391 g/mol. The van der Waals surface area contributed by atoms with E-state index in [9.17, 15) is 28.1 Å². The molecular formula is C18H12F3N3O4. The number of nitrogens with zero attached hydrogens (tertiary/aromatic N) is 3. The van der Waals surface area contributed by atoms with E-state index in [2.05, 4.69) is 4.98 Å². The van der Waals surface area contributed by atoms with Gasteiger partial charge >= 0.3 is 17.9 Å². The van der Waals surface area contributed by atoms with E-state index < -0.39 is 38.9 Å². The Morgan fingerprint density at radius 1 is 1.18 bits per heavy atom. The van der Waals surface area contributed by atoms with Gasteiger partial charge in [0.25, 0.3) is 5.56 Å². The normalized spacial score (nSPS) is 14.2. The van der Waals surface area contributed by atoms with Crippen molar-refractivity contribution in [1.29, 1.82) is 0 Å². The van der Waals surface area contributed by atoms with Crippen LogP contribution in [-0.2, 0) is 19.1 Å². The van der Waals surface area contributed by atoms with Crippen LogP contribution < -0.4 is 10.5 Å². The van der Waals surface area contributed by atoms with Crippen molar-refractivity contribution < 1.29 is 22.5 Å². The molecule has 2 heterocycles. The predicted octanol–water partition coefficient (Wildman–Crippen LogP) is 3.68. The first kappa shape index (κ1) is 18.0. The Balaban J connectivity index is 1.86. The Morgan fingerprint density at radius 2 is 1.89 bits per heavy atom. The fourth-order valence-corrected chi connectivity index (χ4v) is 3.23. The summed E-state index contributed by atoms with van der Waals surface area (Å²) >= 11 is 0. The zero-order valence-electron chi connectivity index (χ0n) is 14.2. The molecule has 0 saturated carbocycles. The first-order chi connectivity index (χ1) is 13.2. The van der Waals surface area contributed by atoms with Gasteiger partial charge in [0.1, 0.15) is 0 Å². The monoisotopic (exact) mass is 391 g/mol. The smallest absolute Gasteiger partial charge is 0.416 e. The molecule has 0 bridgehead atoms. The molecule has 1 aliphatic rings. The van der Waals surface area contributed by atoms with E-state index >= 15 is 0 Å². The molecule has 0 unspecified atom stereocenters. The number of halogens is 3. The van der Waals surface area contributed by atoms with Gasteiger partial charge in [-0.15, -0.1) is 0 Å². The molecule has 0 atom stereocenters. The third-order valence-corrected chi connectivity index (χ3v) is 4.62. The van der Waals surface area contributed by atoms with Crippen molar-refractivity contribution in [3.63, 3.8) is 0 Å². The first-order valence-electron chi connectivity index (χ1n) is 8.26. The third kappa shape index (κ3) is 3.06. The Labute approximate surface area is 155 Å². The summed E-state index contributed by atoms with van der Waals surface area (Å²) in [5.74, 6) is 0. The van der Waals surface area contributed by atoms with E-state index in [4.69, 9.17) is 4.42 Å². The largest absolute Gasteiger partial charge is 0.417 e. The maximum Gasteiger partial charge on any atom is 0.416 e. The van der Waals surface area contributed by atoms with Crippen LogP contribution in [0, 0.1) is 10.1 Å². The van der Waals surface area contributed by atoms with Gasteiger partial charge in [-0.3, -0.25) is 14.9 Å². The standard InChI is InChI=1S/C18H12F3N3O4/c19-18(20,21)12-7-13-15(14(8-12)24(26)27)28-17(22-16(13)25)23-6-5-10-3-1-2-4-11(10)9-23/h1-4,7-8H,5-6,9H2. The van der Waals surface area contributed by atoms with Crippen molar-refractivity contribution in [3.05, 3.63) is 73.6 Å². The zero-order chi connectivity index (χ0) is 20.1. The van der Waals surface area contributed by atoms with Gasteiger partial charge in [0.05, 0.1) is 15.9 Å². The maximum absolute atomic E-state index is 13.0. The minimum atomic E-state index is -4.85. The fourth-order valence-electron chi connectivity index (χ4n) is 3.23. The molecule has 0 N–H and O–H groups in total. The van der Waals surface area contributed by atoms with Crippen LogP contribution in [0.5, 0.6) is 0 Å². The summed E-state index contributed by atoms with van der Waals surface area (Å²) in [5, 5.41) is 10.7. The molecule has 0 amide bonds. The Bertz CT molecular complexity index is 1160. The summed E-state index contributed by atoms with van der Waals surface area (Å²) in [6.45, 7) is 0.818. The highest BCUT2D eigenvalue weighted by molar-refractivity contribution is 5.86. The number of nitro groups is 1.